The van der Waals surface area contributed by atoms with Crippen molar-refractivity contribution in [1.29, 1.82) is 0 Å². The molecule has 3 aliphatic rings. The van der Waals surface area contributed by atoms with Gasteiger partial charge in [-0.2, -0.15) is 0 Å². The number of rotatable bonds is 3. The highest BCUT2D eigenvalue weighted by atomic mass is 16.2. The first-order valence-electron chi connectivity index (χ1n) is 9.01. The van der Waals surface area contributed by atoms with Crippen molar-refractivity contribution >= 4 is 11.9 Å². The summed E-state index contributed by atoms with van der Waals surface area (Å²) in [7, 11) is 0. The number of piperidine rings is 1. The van der Waals surface area contributed by atoms with Gasteiger partial charge in [-0.3, -0.25) is 14.6 Å². The van der Waals surface area contributed by atoms with Gasteiger partial charge in [-0.05, 0) is 38.2 Å². The molecule has 5 heteroatoms. The molecule has 3 fully saturated rings. The highest BCUT2D eigenvalue weighted by Gasteiger charge is 2.57. The van der Waals surface area contributed by atoms with Gasteiger partial charge in [0.15, 0.2) is 0 Å². The Balaban J connectivity index is 1.40. The Morgan fingerprint density at radius 3 is 2.46 bits per heavy atom. The smallest absolute Gasteiger partial charge is 0.310 e. The lowest BCUT2D eigenvalue weighted by molar-refractivity contribution is -0.134. The largest absolute Gasteiger partial charge is 0.327 e. The van der Waals surface area contributed by atoms with E-state index in [0.717, 1.165) is 51.9 Å². The molecule has 128 valence electrons. The van der Waals surface area contributed by atoms with Crippen LogP contribution in [-0.2, 0) is 11.3 Å². The van der Waals surface area contributed by atoms with Crippen molar-refractivity contribution in [2.24, 2.45) is 0 Å². The van der Waals surface area contributed by atoms with E-state index in [2.05, 4.69) is 29.2 Å². The van der Waals surface area contributed by atoms with Crippen LogP contribution in [0.5, 0.6) is 0 Å². The van der Waals surface area contributed by atoms with Crippen molar-refractivity contribution in [3.63, 3.8) is 0 Å². The number of carbonyl (C=O) groups excluding carboxylic acids is 2. The van der Waals surface area contributed by atoms with Gasteiger partial charge < -0.3 is 4.90 Å². The van der Waals surface area contributed by atoms with Crippen molar-refractivity contribution in [2.75, 3.05) is 19.6 Å². The number of benzene rings is 1. The second-order valence-electron chi connectivity index (χ2n) is 7.48. The van der Waals surface area contributed by atoms with Gasteiger partial charge in [-0.15, -0.1) is 0 Å². The minimum absolute atomic E-state index is 0.0338. The molecular formula is C19H25N3O2. The third-order valence-electron chi connectivity index (χ3n) is 5.93. The summed E-state index contributed by atoms with van der Waals surface area (Å²) in [6.07, 6.45) is 3.51. The molecule has 3 heterocycles. The van der Waals surface area contributed by atoms with E-state index in [1.54, 1.807) is 9.80 Å². The molecule has 3 amide bonds. The molecule has 0 aromatic heterocycles. The number of hydrogen-bond donors (Lipinski definition) is 0. The molecule has 1 atom stereocenters. The molecule has 4 rings (SSSR count). The van der Waals surface area contributed by atoms with Crippen LogP contribution in [0.2, 0.25) is 0 Å². The summed E-state index contributed by atoms with van der Waals surface area (Å²) in [5, 5.41) is 0. The fraction of sp³-hybridized carbons (Fsp3) is 0.579. The molecule has 1 aromatic rings. The van der Waals surface area contributed by atoms with Gasteiger partial charge in [0.05, 0.1) is 0 Å². The van der Waals surface area contributed by atoms with Crippen molar-refractivity contribution < 1.29 is 9.59 Å². The number of fused-ring (bicyclic) bond motifs is 1. The average molecular weight is 327 g/mol. The molecule has 0 N–H and O–H groups in total. The quantitative estimate of drug-likeness (QED) is 0.801. The van der Waals surface area contributed by atoms with E-state index in [-0.39, 0.29) is 18.0 Å². The number of hydrogen-bond acceptors (Lipinski definition) is 3. The first kappa shape index (κ1) is 15.6. The highest BCUT2D eigenvalue weighted by molar-refractivity contribution is 6.07. The van der Waals surface area contributed by atoms with Gasteiger partial charge in [0.2, 0.25) is 0 Å². The molecule has 0 radical (unpaired) electrons. The second kappa shape index (κ2) is 5.88. The topological polar surface area (TPSA) is 43.9 Å². The fourth-order valence-electron chi connectivity index (χ4n) is 4.47. The zero-order chi connectivity index (χ0) is 16.7. The minimum Gasteiger partial charge on any atom is -0.310 e. The SMILES string of the molecule is C[C@]12CCCN1C(=O)N(C1CCN(Cc3ccccc3)CC1)C2=O. The first-order valence-corrected chi connectivity index (χ1v) is 9.01. The van der Waals surface area contributed by atoms with E-state index >= 15 is 0 Å². The number of likely N-dealkylation sites (tertiary alicyclic amines) is 1. The molecule has 3 saturated heterocycles. The van der Waals surface area contributed by atoms with Crippen molar-refractivity contribution in [1.82, 2.24) is 14.7 Å². The normalized spacial score (nSPS) is 28.7. The van der Waals surface area contributed by atoms with Crippen LogP contribution < -0.4 is 0 Å². The predicted octanol–water partition coefficient (Wildman–Crippen LogP) is 2.47. The summed E-state index contributed by atoms with van der Waals surface area (Å²) in [5.41, 5.74) is 0.746. The van der Waals surface area contributed by atoms with Crippen LogP contribution in [0.15, 0.2) is 30.3 Å². The highest BCUT2D eigenvalue weighted by Crippen LogP contribution is 2.39. The number of carbonyl (C=O) groups is 2. The Morgan fingerprint density at radius 1 is 1.08 bits per heavy atom. The summed E-state index contributed by atoms with van der Waals surface area (Å²) >= 11 is 0. The molecular weight excluding hydrogens is 302 g/mol. The van der Waals surface area contributed by atoms with Crippen LogP contribution >= 0.6 is 0 Å². The van der Waals surface area contributed by atoms with Crippen LogP contribution in [0, 0.1) is 0 Å². The summed E-state index contributed by atoms with van der Waals surface area (Å²) in [5.74, 6) is 0.0338. The molecule has 5 nitrogen and oxygen atoms in total. The van der Waals surface area contributed by atoms with Crippen LogP contribution in [0.25, 0.3) is 0 Å². The lowest BCUT2D eigenvalue weighted by atomic mass is 9.97. The third-order valence-corrected chi connectivity index (χ3v) is 5.93. The van der Waals surface area contributed by atoms with E-state index in [9.17, 15) is 9.59 Å². The summed E-state index contributed by atoms with van der Waals surface area (Å²) < 4.78 is 0. The van der Waals surface area contributed by atoms with Crippen molar-refractivity contribution in [2.45, 2.75) is 50.7 Å². The van der Waals surface area contributed by atoms with Gasteiger partial charge in [0.1, 0.15) is 5.54 Å². The van der Waals surface area contributed by atoms with Gasteiger partial charge in [0.25, 0.3) is 5.91 Å². The van der Waals surface area contributed by atoms with Gasteiger partial charge >= 0.3 is 6.03 Å². The lowest BCUT2D eigenvalue weighted by Crippen LogP contribution is -2.48. The molecule has 1 aromatic carbocycles. The molecule has 0 aliphatic carbocycles. The van der Waals surface area contributed by atoms with Crippen molar-refractivity contribution in [3.8, 4) is 0 Å². The van der Waals surface area contributed by atoms with Gasteiger partial charge in [-0.1, -0.05) is 30.3 Å². The van der Waals surface area contributed by atoms with Crippen LogP contribution in [0.3, 0.4) is 0 Å². The van der Waals surface area contributed by atoms with Crippen molar-refractivity contribution in [3.05, 3.63) is 35.9 Å². The van der Waals surface area contributed by atoms with Crippen LogP contribution in [0.4, 0.5) is 4.79 Å². The number of imide groups is 1. The standard InChI is InChI=1S/C19H25N3O2/c1-19-10-5-11-21(19)18(24)22(17(19)23)16-8-12-20(13-9-16)14-15-6-3-2-4-7-15/h2-4,6-7,16H,5,8-14H2,1H3/t19-/m1/s1. The van der Waals surface area contributed by atoms with Gasteiger partial charge in [0, 0.05) is 32.2 Å². The van der Waals surface area contributed by atoms with E-state index < -0.39 is 5.54 Å². The molecule has 3 aliphatic heterocycles. The summed E-state index contributed by atoms with van der Waals surface area (Å²) in [6.45, 7) is 5.48. The Kier molecular flexibility index (Phi) is 3.83. The first-order chi connectivity index (χ1) is 11.6. The Hall–Kier alpha value is -1.88. The molecule has 24 heavy (non-hydrogen) atoms. The third kappa shape index (κ3) is 2.42. The van der Waals surface area contributed by atoms with Crippen LogP contribution in [-0.4, -0.2) is 57.9 Å². The lowest BCUT2D eigenvalue weighted by Gasteiger charge is -2.35. The second-order valence-corrected chi connectivity index (χ2v) is 7.48. The maximum Gasteiger partial charge on any atom is 0.327 e. The Bertz CT molecular complexity index is 639. The molecule has 0 spiro atoms. The van der Waals surface area contributed by atoms with E-state index in [0.29, 0.717) is 0 Å². The van der Waals surface area contributed by atoms with Gasteiger partial charge in [-0.25, -0.2) is 4.79 Å². The molecule has 0 bridgehead atoms. The number of urea groups is 1. The Labute approximate surface area is 143 Å². The minimum atomic E-state index is -0.571. The fourth-order valence-corrected chi connectivity index (χ4v) is 4.47. The molecule has 0 unspecified atom stereocenters. The van der Waals surface area contributed by atoms with E-state index in [1.165, 1.54) is 5.56 Å². The van der Waals surface area contributed by atoms with E-state index in [4.69, 9.17) is 0 Å². The summed E-state index contributed by atoms with van der Waals surface area (Å²) in [6, 6.07) is 10.5. The maximum absolute atomic E-state index is 12.8. The van der Waals surface area contributed by atoms with E-state index in [1.807, 2.05) is 13.0 Å². The average Bonchev–Trinajstić information content (AvgIpc) is 3.07. The summed E-state index contributed by atoms with van der Waals surface area (Å²) in [4.78, 5) is 31.3. The zero-order valence-corrected chi connectivity index (χ0v) is 14.3. The predicted molar refractivity (Wildman–Crippen MR) is 91.3 cm³/mol. The van der Waals surface area contributed by atoms with Crippen LogP contribution in [0.1, 0.15) is 38.2 Å². The number of amides is 3. The zero-order valence-electron chi connectivity index (χ0n) is 14.3. The Morgan fingerprint density at radius 2 is 1.79 bits per heavy atom. The maximum atomic E-state index is 12.8. The molecule has 0 saturated carbocycles. The number of nitrogens with zero attached hydrogens (tertiary/aromatic N) is 3. The monoisotopic (exact) mass is 327 g/mol.